The second-order valence-electron chi connectivity index (χ2n) is 5.79. The molecule has 0 unspecified atom stereocenters. The Bertz CT molecular complexity index is 1030. The molecule has 0 aliphatic carbocycles. The lowest BCUT2D eigenvalue weighted by Gasteiger charge is -2.07. The van der Waals surface area contributed by atoms with E-state index in [4.69, 9.17) is 24.4 Å². The van der Waals surface area contributed by atoms with E-state index in [1.54, 1.807) is 50.4 Å². The van der Waals surface area contributed by atoms with Crippen molar-refractivity contribution in [3.63, 3.8) is 0 Å². The van der Waals surface area contributed by atoms with Gasteiger partial charge in [-0.2, -0.15) is 0 Å². The maximum atomic E-state index is 12.7. The Morgan fingerprint density at radius 2 is 1.89 bits per heavy atom. The van der Waals surface area contributed by atoms with E-state index >= 15 is 0 Å². The fraction of sp³-hybridized carbons (Fsp3) is 0.200. The van der Waals surface area contributed by atoms with Gasteiger partial charge in [-0.05, 0) is 59.3 Å². The quantitative estimate of drug-likeness (QED) is 0.550. The Morgan fingerprint density at radius 3 is 2.50 bits per heavy atom. The molecule has 0 bridgehead atoms. The number of halogens is 1. The van der Waals surface area contributed by atoms with Crippen LogP contribution in [0.3, 0.4) is 0 Å². The van der Waals surface area contributed by atoms with E-state index in [1.165, 1.54) is 0 Å². The van der Waals surface area contributed by atoms with Crippen molar-refractivity contribution < 1.29 is 28.2 Å². The molecule has 0 aliphatic heterocycles. The van der Waals surface area contributed by atoms with Gasteiger partial charge in [0.15, 0.2) is 6.61 Å². The summed E-state index contributed by atoms with van der Waals surface area (Å²) in [7, 11) is 1.57. The van der Waals surface area contributed by atoms with Crippen LogP contribution in [-0.2, 0) is 9.53 Å². The van der Waals surface area contributed by atoms with E-state index in [0.717, 1.165) is 0 Å². The SMILES string of the molecule is CCOC(=O)c1c(-c2ccc(OC)cc2)oc2cc(Br)c(OCC(N)=O)cc12. The summed E-state index contributed by atoms with van der Waals surface area (Å²) in [6.45, 7) is 1.66. The number of carbonyl (C=O) groups is 2. The first kappa shape index (κ1) is 19.8. The Kier molecular flexibility index (Phi) is 5.89. The van der Waals surface area contributed by atoms with Crippen LogP contribution in [-0.4, -0.2) is 32.2 Å². The minimum Gasteiger partial charge on any atom is -0.497 e. The van der Waals surface area contributed by atoms with Crippen LogP contribution in [0.1, 0.15) is 17.3 Å². The van der Waals surface area contributed by atoms with Gasteiger partial charge in [0.2, 0.25) is 0 Å². The third-order valence-electron chi connectivity index (χ3n) is 3.94. The lowest BCUT2D eigenvalue weighted by atomic mass is 10.1. The molecule has 0 spiro atoms. The molecule has 0 atom stereocenters. The molecule has 1 aromatic heterocycles. The highest BCUT2D eigenvalue weighted by molar-refractivity contribution is 9.10. The van der Waals surface area contributed by atoms with Gasteiger partial charge >= 0.3 is 5.97 Å². The number of fused-ring (bicyclic) bond motifs is 1. The van der Waals surface area contributed by atoms with Crippen molar-refractivity contribution in [2.24, 2.45) is 5.73 Å². The first-order valence-electron chi connectivity index (χ1n) is 8.43. The first-order chi connectivity index (χ1) is 13.4. The van der Waals surface area contributed by atoms with E-state index in [-0.39, 0.29) is 18.8 Å². The van der Waals surface area contributed by atoms with Gasteiger partial charge in [0.05, 0.1) is 18.2 Å². The van der Waals surface area contributed by atoms with Gasteiger partial charge in [0, 0.05) is 10.9 Å². The zero-order chi connectivity index (χ0) is 20.3. The van der Waals surface area contributed by atoms with Crippen LogP contribution < -0.4 is 15.2 Å². The van der Waals surface area contributed by atoms with E-state index in [9.17, 15) is 9.59 Å². The summed E-state index contributed by atoms with van der Waals surface area (Å²) in [6.07, 6.45) is 0. The van der Waals surface area contributed by atoms with E-state index in [1.807, 2.05) is 0 Å². The number of hydrogen-bond donors (Lipinski definition) is 1. The average Bonchev–Trinajstić information content (AvgIpc) is 3.04. The fourth-order valence-corrected chi connectivity index (χ4v) is 3.15. The Labute approximate surface area is 169 Å². The number of hydrogen-bond acceptors (Lipinski definition) is 6. The van der Waals surface area contributed by atoms with Gasteiger partial charge in [-0.15, -0.1) is 0 Å². The zero-order valence-corrected chi connectivity index (χ0v) is 16.9. The maximum absolute atomic E-state index is 12.7. The molecule has 0 radical (unpaired) electrons. The molecule has 28 heavy (non-hydrogen) atoms. The molecule has 0 aliphatic rings. The highest BCUT2D eigenvalue weighted by Crippen LogP contribution is 2.39. The molecule has 3 aromatic rings. The standard InChI is InChI=1S/C20H18BrNO6/c1-3-26-20(24)18-13-8-16(27-10-17(22)23)14(21)9-15(13)28-19(18)11-4-6-12(25-2)7-5-11/h4-9H,3,10H2,1-2H3,(H2,22,23). The van der Waals surface area contributed by atoms with Crippen LogP contribution >= 0.6 is 15.9 Å². The minimum atomic E-state index is -0.608. The summed E-state index contributed by atoms with van der Waals surface area (Å²) in [6, 6.07) is 10.4. The zero-order valence-electron chi connectivity index (χ0n) is 15.3. The molecule has 0 saturated carbocycles. The number of furan rings is 1. The molecule has 146 valence electrons. The Balaban J connectivity index is 2.17. The number of primary amides is 1. The van der Waals surface area contributed by atoms with Crippen molar-refractivity contribution in [3.05, 3.63) is 46.4 Å². The number of methoxy groups -OCH3 is 1. The van der Waals surface area contributed by atoms with Gasteiger partial charge in [0.25, 0.3) is 5.91 Å². The van der Waals surface area contributed by atoms with Gasteiger partial charge in [0.1, 0.15) is 28.4 Å². The van der Waals surface area contributed by atoms with Crippen LogP contribution in [0.25, 0.3) is 22.3 Å². The molecule has 0 fully saturated rings. The number of benzene rings is 2. The van der Waals surface area contributed by atoms with Gasteiger partial charge < -0.3 is 24.4 Å². The van der Waals surface area contributed by atoms with Crippen molar-refractivity contribution in [2.75, 3.05) is 20.3 Å². The van der Waals surface area contributed by atoms with Crippen molar-refractivity contribution >= 4 is 38.8 Å². The molecule has 1 heterocycles. The molecule has 2 aromatic carbocycles. The van der Waals surface area contributed by atoms with Crippen LogP contribution in [0.15, 0.2) is 45.3 Å². The van der Waals surface area contributed by atoms with Crippen molar-refractivity contribution in [3.8, 4) is 22.8 Å². The number of amides is 1. The van der Waals surface area contributed by atoms with Crippen LogP contribution in [0, 0.1) is 0 Å². The summed E-state index contributed by atoms with van der Waals surface area (Å²) < 4.78 is 22.3. The fourth-order valence-electron chi connectivity index (χ4n) is 2.71. The van der Waals surface area contributed by atoms with Crippen molar-refractivity contribution in [2.45, 2.75) is 6.92 Å². The lowest BCUT2D eigenvalue weighted by molar-refractivity contribution is -0.119. The highest BCUT2D eigenvalue weighted by atomic mass is 79.9. The van der Waals surface area contributed by atoms with Crippen molar-refractivity contribution in [1.29, 1.82) is 0 Å². The summed E-state index contributed by atoms with van der Waals surface area (Å²) in [5.41, 5.74) is 6.57. The molecular formula is C20H18BrNO6. The van der Waals surface area contributed by atoms with Crippen LogP contribution in [0.4, 0.5) is 0 Å². The number of rotatable bonds is 7. The van der Waals surface area contributed by atoms with Crippen LogP contribution in [0.5, 0.6) is 11.5 Å². The third kappa shape index (κ3) is 3.96. The Hall–Kier alpha value is -3.00. The number of esters is 1. The van der Waals surface area contributed by atoms with E-state index in [2.05, 4.69) is 15.9 Å². The second kappa shape index (κ2) is 8.35. The van der Waals surface area contributed by atoms with Gasteiger partial charge in [-0.3, -0.25) is 4.79 Å². The second-order valence-corrected chi connectivity index (χ2v) is 6.64. The van der Waals surface area contributed by atoms with E-state index in [0.29, 0.717) is 38.3 Å². The Morgan fingerprint density at radius 1 is 1.18 bits per heavy atom. The molecule has 7 nitrogen and oxygen atoms in total. The molecule has 2 N–H and O–H groups in total. The number of ether oxygens (including phenoxy) is 3. The number of nitrogens with two attached hydrogens (primary N) is 1. The minimum absolute atomic E-state index is 0.217. The molecular weight excluding hydrogens is 430 g/mol. The van der Waals surface area contributed by atoms with Gasteiger partial charge in [-0.25, -0.2) is 4.79 Å². The van der Waals surface area contributed by atoms with E-state index < -0.39 is 11.9 Å². The average molecular weight is 448 g/mol. The summed E-state index contributed by atoms with van der Waals surface area (Å²) in [4.78, 5) is 23.7. The predicted octanol–water partition coefficient (Wildman–Crippen LogP) is 3.91. The molecule has 8 heteroatoms. The molecule has 0 saturated heterocycles. The largest absolute Gasteiger partial charge is 0.497 e. The topological polar surface area (TPSA) is 101 Å². The number of carbonyl (C=O) groups excluding carboxylic acids is 2. The predicted molar refractivity (Wildman–Crippen MR) is 107 cm³/mol. The monoisotopic (exact) mass is 447 g/mol. The normalized spacial score (nSPS) is 10.7. The summed E-state index contributed by atoms with van der Waals surface area (Å²) in [5.74, 6) is 0.287. The maximum Gasteiger partial charge on any atom is 0.342 e. The molecule has 3 rings (SSSR count). The first-order valence-corrected chi connectivity index (χ1v) is 9.22. The summed E-state index contributed by atoms with van der Waals surface area (Å²) in [5, 5.41) is 0.506. The molecule has 1 amide bonds. The van der Waals surface area contributed by atoms with Crippen molar-refractivity contribution in [1.82, 2.24) is 0 Å². The van der Waals surface area contributed by atoms with Gasteiger partial charge in [-0.1, -0.05) is 0 Å². The van der Waals surface area contributed by atoms with Crippen LogP contribution in [0.2, 0.25) is 0 Å². The summed E-state index contributed by atoms with van der Waals surface area (Å²) >= 11 is 3.37. The smallest absolute Gasteiger partial charge is 0.342 e. The third-order valence-corrected chi connectivity index (χ3v) is 4.56. The highest BCUT2D eigenvalue weighted by Gasteiger charge is 2.25. The lowest BCUT2D eigenvalue weighted by Crippen LogP contribution is -2.20.